The molecular formula is C20H30FN3O. The number of rotatable bonds is 5. The zero-order valence-electron chi connectivity index (χ0n) is 15.8. The van der Waals surface area contributed by atoms with E-state index in [0.29, 0.717) is 17.6 Å². The molecule has 1 heterocycles. The van der Waals surface area contributed by atoms with Gasteiger partial charge in [0.25, 0.3) is 0 Å². The van der Waals surface area contributed by atoms with Crippen LogP contribution in [0.1, 0.15) is 32.3 Å². The van der Waals surface area contributed by atoms with Gasteiger partial charge in [0.05, 0.1) is 5.41 Å². The van der Waals surface area contributed by atoms with Gasteiger partial charge in [-0.1, -0.05) is 18.2 Å². The van der Waals surface area contributed by atoms with Crippen molar-refractivity contribution < 1.29 is 9.18 Å². The van der Waals surface area contributed by atoms with Gasteiger partial charge in [0, 0.05) is 43.8 Å². The lowest BCUT2D eigenvalue weighted by Crippen LogP contribution is -2.60. The van der Waals surface area contributed by atoms with E-state index in [-0.39, 0.29) is 11.7 Å². The summed E-state index contributed by atoms with van der Waals surface area (Å²) in [5, 5.41) is 0. The Balaban J connectivity index is 1.71. The summed E-state index contributed by atoms with van der Waals surface area (Å²) in [7, 11) is 4.17. The molecule has 1 aromatic rings. The average Bonchev–Trinajstić information content (AvgIpc) is 3.35. The standard InChI is InChI=1S/C20H30FN3O/c1-15-13-23(14-16(2)24(15)12-11-22(3)4)19(25)20(9-10-20)17-7-5-6-8-18(17)21/h5-8,15-16H,9-14H2,1-4H3. The monoisotopic (exact) mass is 347 g/mol. The summed E-state index contributed by atoms with van der Waals surface area (Å²) in [6, 6.07) is 7.41. The Labute approximate surface area is 150 Å². The second kappa shape index (κ2) is 7.04. The van der Waals surface area contributed by atoms with Crippen LogP contribution in [0.3, 0.4) is 0 Å². The molecule has 0 radical (unpaired) electrons. The predicted octanol–water partition coefficient (Wildman–Crippen LogP) is 2.34. The van der Waals surface area contributed by atoms with Crippen LogP contribution in [0.4, 0.5) is 4.39 Å². The fourth-order valence-electron chi connectivity index (χ4n) is 4.15. The Hall–Kier alpha value is -1.46. The van der Waals surface area contributed by atoms with Gasteiger partial charge >= 0.3 is 0 Å². The summed E-state index contributed by atoms with van der Waals surface area (Å²) in [4.78, 5) is 19.9. The molecular weight excluding hydrogens is 317 g/mol. The van der Waals surface area contributed by atoms with E-state index < -0.39 is 5.41 Å². The molecule has 0 N–H and O–H groups in total. The molecule has 5 heteroatoms. The van der Waals surface area contributed by atoms with E-state index in [0.717, 1.165) is 39.0 Å². The van der Waals surface area contributed by atoms with Gasteiger partial charge in [-0.05, 0) is 46.9 Å². The molecule has 1 aliphatic heterocycles. The average molecular weight is 347 g/mol. The SMILES string of the molecule is CC1CN(C(=O)C2(c3ccccc3F)CC2)CC(C)N1CCN(C)C. The second-order valence-electron chi connectivity index (χ2n) is 8.01. The van der Waals surface area contributed by atoms with Crippen molar-refractivity contribution in [3.8, 4) is 0 Å². The lowest BCUT2D eigenvalue weighted by Gasteiger charge is -2.45. The maximum atomic E-state index is 14.3. The van der Waals surface area contributed by atoms with Crippen LogP contribution in [-0.2, 0) is 10.2 Å². The van der Waals surface area contributed by atoms with Crippen molar-refractivity contribution in [2.45, 2.75) is 44.2 Å². The molecule has 25 heavy (non-hydrogen) atoms. The molecule has 2 fully saturated rings. The highest BCUT2D eigenvalue weighted by Gasteiger charge is 2.55. The minimum atomic E-state index is -0.614. The van der Waals surface area contributed by atoms with Crippen LogP contribution in [0.15, 0.2) is 24.3 Å². The molecule has 1 aliphatic carbocycles. The summed E-state index contributed by atoms with van der Waals surface area (Å²) in [5.41, 5.74) is -0.0355. The Bertz CT molecular complexity index is 617. The highest BCUT2D eigenvalue weighted by molar-refractivity contribution is 5.91. The van der Waals surface area contributed by atoms with Crippen LogP contribution in [0.5, 0.6) is 0 Å². The van der Waals surface area contributed by atoms with Crippen LogP contribution in [0.25, 0.3) is 0 Å². The van der Waals surface area contributed by atoms with Gasteiger partial charge < -0.3 is 9.80 Å². The highest BCUT2D eigenvalue weighted by Crippen LogP contribution is 2.50. The summed E-state index contributed by atoms with van der Waals surface area (Å²) < 4.78 is 14.3. The first-order valence-electron chi connectivity index (χ1n) is 9.30. The predicted molar refractivity (Wildman–Crippen MR) is 98.1 cm³/mol. The number of halogens is 1. The number of amides is 1. The summed E-state index contributed by atoms with van der Waals surface area (Å²) in [6.45, 7) is 7.86. The first-order chi connectivity index (χ1) is 11.8. The number of nitrogens with zero attached hydrogens (tertiary/aromatic N) is 3. The molecule has 1 saturated heterocycles. The fourth-order valence-corrected chi connectivity index (χ4v) is 4.15. The smallest absolute Gasteiger partial charge is 0.233 e. The summed E-state index contributed by atoms with van der Waals surface area (Å²) >= 11 is 0. The Kier molecular flexibility index (Phi) is 5.16. The molecule has 1 saturated carbocycles. The summed E-state index contributed by atoms with van der Waals surface area (Å²) in [5.74, 6) is -0.136. The molecule has 138 valence electrons. The molecule has 0 spiro atoms. The zero-order valence-corrected chi connectivity index (χ0v) is 15.8. The second-order valence-corrected chi connectivity index (χ2v) is 8.01. The quantitative estimate of drug-likeness (QED) is 0.818. The molecule has 1 aromatic carbocycles. The number of likely N-dealkylation sites (N-methyl/N-ethyl adjacent to an activating group) is 1. The molecule has 1 amide bonds. The third-order valence-electron chi connectivity index (χ3n) is 5.74. The Morgan fingerprint density at radius 2 is 1.80 bits per heavy atom. The van der Waals surface area contributed by atoms with Crippen molar-refractivity contribution in [2.75, 3.05) is 40.3 Å². The lowest BCUT2D eigenvalue weighted by molar-refractivity contribution is -0.138. The molecule has 2 atom stereocenters. The van der Waals surface area contributed by atoms with Crippen LogP contribution < -0.4 is 0 Å². The Morgan fingerprint density at radius 1 is 1.20 bits per heavy atom. The van der Waals surface area contributed by atoms with E-state index in [4.69, 9.17) is 0 Å². The number of carbonyl (C=O) groups is 1. The van der Waals surface area contributed by atoms with Gasteiger partial charge in [-0.3, -0.25) is 9.69 Å². The molecule has 4 nitrogen and oxygen atoms in total. The van der Waals surface area contributed by atoms with Crippen LogP contribution in [0, 0.1) is 5.82 Å². The Morgan fingerprint density at radius 3 is 2.32 bits per heavy atom. The number of hydrogen-bond donors (Lipinski definition) is 0. The minimum absolute atomic E-state index is 0.114. The highest BCUT2D eigenvalue weighted by atomic mass is 19.1. The third-order valence-corrected chi connectivity index (χ3v) is 5.74. The van der Waals surface area contributed by atoms with Gasteiger partial charge in [-0.15, -0.1) is 0 Å². The van der Waals surface area contributed by atoms with Gasteiger partial charge in [-0.25, -0.2) is 4.39 Å². The molecule has 2 aliphatic rings. The first-order valence-corrected chi connectivity index (χ1v) is 9.30. The lowest BCUT2D eigenvalue weighted by atomic mass is 9.92. The van der Waals surface area contributed by atoms with Crippen molar-refractivity contribution in [3.05, 3.63) is 35.6 Å². The third kappa shape index (κ3) is 3.58. The van der Waals surface area contributed by atoms with Crippen LogP contribution >= 0.6 is 0 Å². The molecule has 0 bridgehead atoms. The largest absolute Gasteiger partial charge is 0.339 e. The number of benzene rings is 1. The molecule has 2 unspecified atom stereocenters. The van der Waals surface area contributed by atoms with Crippen molar-refractivity contribution in [1.82, 2.24) is 14.7 Å². The zero-order chi connectivity index (χ0) is 18.2. The van der Waals surface area contributed by atoms with Crippen molar-refractivity contribution in [3.63, 3.8) is 0 Å². The maximum Gasteiger partial charge on any atom is 0.233 e. The van der Waals surface area contributed by atoms with E-state index in [2.05, 4.69) is 37.7 Å². The van der Waals surface area contributed by atoms with Crippen molar-refractivity contribution in [2.24, 2.45) is 0 Å². The fraction of sp³-hybridized carbons (Fsp3) is 0.650. The van der Waals surface area contributed by atoms with Gasteiger partial charge in [-0.2, -0.15) is 0 Å². The topological polar surface area (TPSA) is 26.8 Å². The van der Waals surface area contributed by atoms with Crippen molar-refractivity contribution >= 4 is 5.91 Å². The maximum absolute atomic E-state index is 14.3. The normalized spacial score (nSPS) is 26.1. The van der Waals surface area contributed by atoms with Gasteiger partial charge in [0.15, 0.2) is 0 Å². The summed E-state index contributed by atoms with van der Waals surface area (Å²) in [6.07, 6.45) is 1.52. The van der Waals surface area contributed by atoms with Crippen LogP contribution in [-0.4, -0.2) is 73.0 Å². The number of carbonyl (C=O) groups excluding carboxylic acids is 1. The number of hydrogen-bond acceptors (Lipinski definition) is 3. The molecule has 0 aromatic heterocycles. The molecule has 3 rings (SSSR count). The van der Waals surface area contributed by atoms with E-state index in [9.17, 15) is 9.18 Å². The minimum Gasteiger partial charge on any atom is -0.339 e. The van der Waals surface area contributed by atoms with Gasteiger partial charge in [0.2, 0.25) is 5.91 Å². The van der Waals surface area contributed by atoms with E-state index in [1.54, 1.807) is 12.1 Å². The first kappa shape index (κ1) is 18.3. The van der Waals surface area contributed by atoms with E-state index in [1.165, 1.54) is 6.07 Å². The number of piperazine rings is 1. The van der Waals surface area contributed by atoms with Crippen LogP contribution in [0.2, 0.25) is 0 Å². The van der Waals surface area contributed by atoms with Gasteiger partial charge in [0.1, 0.15) is 5.82 Å². The van der Waals surface area contributed by atoms with Crippen molar-refractivity contribution in [1.29, 1.82) is 0 Å². The van der Waals surface area contributed by atoms with E-state index >= 15 is 0 Å². The van der Waals surface area contributed by atoms with E-state index in [1.807, 2.05) is 11.0 Å².